The Hall–Kier alpha value is 0.280. The minimum atomic E-state index is -0.931. The van der Waals surface area contributed by atoms with E-state index < -0.39 is 12.3 Å². The van der Waals surface area contributed by atoms with E-state index in [0.717, 1.165) is 0 Å². The molecule has 0 spiro atoms. The average Bonchev–Trinajstić information content (AvgIpc) is 2.67. The first kappa shape index (κ1) is 18.6. The quantitative estimate of drug-likeness (QED) is 0.666. The highest BCUT2D eigenvalue weighted by atomic mass is 35.5. The largest absolute Gasteiger partial charge is 0.377 e. The van der Waals surface area contributed by atoms with Crippen LogP contribution in [0.3, 0.4) is 0 Å². The van der Waals surface area contributed by atoms with Gasteiger partial charge in [0.25, 0.3) is 0 Å². The van der Waals surface area contributed by atoms with Crippen LogP contribution >= 0.6 is 24.8 Å². The molecular weight excluding hydrogens is 265 g/mol. The third-order valence-corrected chi connectivity index (χ3v) is 2.10. The average molecular weight is 283 g/mol. The number of ether oxygens (including phenoxy) is 2. The van der Waals surface area contributed by atoms with Gasteiger partial charge >= 0.3 is 0 Å². The number of hydrogen-bond acceptors (Lipinski definition) is 4. The van der Waals surface area contributed by atoms with Crippen molar-refractivity contribution in [1.29, 1.82) is 0 Å². The molecule has 0 amide bonds. The molecule has 2 heterocycles. The molecule has 2 rings (SSSR count). The fraction of sp³-hybridized carbons (Fsp3) is 1.00. The summed E-state index contributed by atoms with van der Waals surface area (Å²) in [5.74, 6) is 0. The number of alkyl halides is 2. The van der Waals surface area contributed by atoms with Gasteiger partial charge in [0.2, 0.25) is 0 Å². The lowest BCUT2D eigenvalue weighted by Gasteiger charge is -1.98. The first-order valence-corrected chi connectivity index (χ1v) is 4.56. The van der Waals surface area contributed by atoms with Crippen LogP contribution in [0.4, 0.5) is 8.78 Å². The van der Waals surface area contributed by atoms with Crippen LogP contribution in [0.1, 0.15) is 0 Å². The van der Waals surface area contributed by atoms with Gasteiger partial charge in [-0.15, -0.1) is 24.8 Å². The van der Waals surface area contributed by atoms with E-state index >= 15 is 0 Å². The molecule has 4 atom stereocenters. The SMILES string of the molecule is Cl.Cl.N[C@@H]1COC[C@H]1F.N[C@H]1COC[C@@H]1F. The standard InChI is InChI=1S/2C4H8FNO.2ClH/c2*5-3-1-7-2-4(3)6;;/h2*3-4H,1-2,6H2;2*1H/t2*3-,4-;;/m10../s1. The minimum absolute atomic E-state index is 0. The minimum Gasteiger partial charge on any atom is -0.377 e. The Morgan fingerprint density at radius 3 is 1.12 bits per heavy atom. The van der Waals surface area contributed by atoms with E-state index in [2.05, 4.69) is 9.47 Å². The zero-order chi connectivity index (χ0) is 10.6. The molecule has 2 aliphatic rings. The molecule has 0 aliphatic carbocycles. The van der Waals surface area contributed by atoms with E-state index in [1.165, 1.54) is 0 Å². The molecule has 4 nitrogen and oxygen atoms in total. The van der Waals surface area contributed by atoms with Crippen molar-refractivity contribution in [3.63, 3.8) is 0 Å². The Balaban J connectivity index is 0. The van der Waals surface area contributed by atoms with Crippen LogP contribution in [-0.2, 0) is 9.47 Å². The van der Waals surface area contributed by atoms with Gasteiger partial charge in [-0.3, -0.25) is 0 Å². The lowest BCUT2D eigenvalue weighted by atomic mass is 10.3. The maximum absolute atomic E-state index is 12.1. The second kappa shape index (κ2) is 9.32. The van der Waals surface area contributed by atoms with E-state index in [-0.39, 0.29) is 50.1 Å². The third-order valence-electron chi connectivity index (χ3n) is 2.10. The zero-order valence-corrected chi connectivity index (χ0v) is 10.3. The smallest absolute Gasteiger partial charge is 0.141 e. The number of nitrogens with two attached hydrogens (primary N) is 2. The molecular formula is C8H18Cl2F2N2O2. The van der Waals surface area contributed by atoms with Gasteiger partial charge in [0.15, 0.2) is 0 Å². The van der Waals surface area contributed by atoms with Gasteiger partial charge in [0.05, 0.1) is 38.5 Å². The molecule has 0 radical (unpaired) electrons. The molecule has 0 aromatic carbocycles. The summed E-state index contributed by atoms with van der Waals surface area (Å²) < 4.78 is 33.5. The molecule has 100 valence electrons. The Morgan fingerprint density at radius 1 is 0.750 bits per heavy atom. The Morgan fingerprint density at radius 2 is 1.06 bits per heavy atom. The van der Waals surface area contributed by atoms with E-state index in [1.54, 1.807) is 0 Å². The normalized spacial score (nSPS) is 36.8. The Bertz CT molecular complexity index is 148. The summed E-state index contributed by atoms with van der Waals surface area (Å²) in [6.45, 7) is 1.12. The maximum Gasteiger partial charge on any atom is 0.141 e. The van der Waals surface area contributed by atoms with Gasteiger partial charge in [0, 0.05) is 0 Å². The van der Waals surface area contributed by atoms with E-state index in [9.17, 15) is 8.78 Å². The highest BCUT2D eigenvalue weighted by molar-refractivity contribution is 5.85. The summed E-state index contributed by atoms with van der Waals surface area (Å²) in [6, 6.07) is -0.750. The van der Waals surface area contributed by atoms with E-state index in [0.29, 0.717) is 13.2 Å². The van der Waals surface area contributed by atoms with Gasteiger partial charge in [-0.1, -0.05) is 0 Å². The van der Waals surface area contributed by atoms with Crippen molar-refractivity contribution in [1.82, 2.24) is 0 Å². The predicted octanol–water partition coefficient (Wildman–Crippen LogP) is 0.208. The van der Waals surface area contributed by atoms with E-state index in [1.807, 2.05) is 0 Å². The third kappa shape index (κ3) is 6.12. The van der Waals surface area contributed by atoms with Crippen molar-refractivity contribution in [2.75, 3.05) is 26.4 Å². The molecule has 2 aliphatic heterocycles. The van der Waals surface area contributed by atoms with Crippen molar-refractivity contribution in [3.8, 4) is 0 Å². The van der Waals surface area contributed by atoms with Gasteiger partial charge in [-0.05, 0) is 0 Å². The van der Waals surface area contributed by atoms with Gasteiger partial charge in [-0.2, -0.15) is 0 Å². The second-order valence-electron chi connectivity index (χ2n) is 3.43. The topological polar surface area (TPSA) is 70.5 Å². The summed E-state index contributed by atoms with van der Waals surface area (Å²) in [7, 11) is 0. The molecule has 8 heteroatoms. The van der Waals surface area contributed by atoms with Gasteiger partial charge in [-0.25, -0.2) is 8.78 Å². The second-order valence-corrected chi connectivity index (χ2v) is 3.43. The molecule has 2 fully saturated rings. The summed E-state index contributed by atoms with van der Waals surface area (Å²) >= 11 is 0. The fourth-order valence-electron chi connectivity index (χ4n) is 1.09. The lowest BCUT2D eigenvalue weighted by molar-refractivity contribution is 0.173. The Kier molecular flexibility index (Phi) is 10.9. The van der Waals surface area contributed by atoms with Crippen LogP contribution in [-0.4, -0.2) is 50.9 Å². The van der Waals surface area contributed by atoms with Crippen LogP contribution in [0, 0.1) is 0 Å². The first-order valence-electron chi connectivity index (χ1n) is 4.56. The highest BCUT2D eigenvalue weighted by Crippen LogP contribution is 2.05. The molecule has 0 aromatic heterocycles. The van der Waals surface area contributed by atoms with Crippen LogP contribution in [0.2, 0.25) is 0 Å². The van der Waals surface area contributed by atoms with Gasteiger partial charge < -0.3 is 20.9 Å². The summed E-state index contributed by atoms with van der Waals surface area (Å²) in [6.07, 6.45) is -1.86. The number of hydrogen-bond donors (Lipinski definition) is 2. The van der Waals surface area contributed by atoms with Crippen LogP contribution in [0.15, 0.2) is 0 Å². The molecule has 16 heavy (non-hydrogen) atoms. The van der Waals surface area contributed by atoms with Crippen molar-refractivity contribution < 1.29 is 18.3 Å². The van der Waals surface area contributed by atoms with Crippen LogP contribution in [0.25, 0.3) is 0 Å². The predicted molar refractivity (Wildman–Crippen MR) is 61.9 cm³/mol. The van der Waals surface area contributed by atoms with Crippen molar-refractivity contribution in [2.24, 2.45) is 11.5 Å². The first-order chi connectivity index (χ1) is 6.61. The highest BCUT2D eigenvalue weighted by Gasteiger charge is 2.23. The lowest BCUT2D eigenvalue weighted by Crippen LogP contribution is -2.29. The zero-order valence-electron chi connectivity index (χ0n) is 8.68. The van der Waals surface area contributed by atoms with Crippen LogP contribution in [0.5, 0.6) is 0 Å². The molecule has 2 saturated heterocycles. The molecule has 0 bridgehead atoms. The molecule has 0 unspecified atom stereocenters. The van der Waals surface area contributed by atoms with Crippen LogP contribution < -0.4 is 11.5 Å². The molecule has 4 N–H and O–H groups in total. The number of halogens is 4. The summed E-state index contributed by atoms with van der Waals surface area (Å²) in [4.78, 5) is 0. The Labute approximate surface area is 106 Å². The van der Waals surface area contributed by atoms with Gasteiger partial charge in [0.1, 0.15) is 12.3 Å². The molecule has 0 saturated carbocycles. The summed E-state index contributed by atoms with van der Waals surface area (Å²) in [5.41, 5.74) is 10.4. The summed E-state index contributed by atoms with van der Waals surface area (Å²) in [5, 5.41) is 0. The number of rotatable bonds is 0. The maximum atomic E-state index is 12.1. The van der Waals surface area contributed by atoms with Crippen molar-refractivity contribution in [2.45, 2.75) is 24.4 Å². The van der Waals surface area contributed by atoms with E-state index in [4.69, 9.17) is 11.5 Å². The van der Waals surface area contributed by atoms with Crippen molar-refractivity contribution >= 4 is 24.8 Å². The molecule has 0 aromatic rings. The monoisotopic (exact) mass is 282 g/mol. The van der Waals surface area contributed by atoms with Crippen molar-refractivity contribution in [3.05, 3.63) is 0 Å². The fourth-order valence-corrected chi connectivity index (χ4v) is 1.09.